The van der Waals surface area contributed by atoms with E-state index in [0.717, 1.165) is 0 Å². The Morgan fingerprint density at radius 3 is 2.38 bits per heavy atom. The minimum atomic E-state index is -4.29. The van der Waals surface area contributed by atoms with Crippen LogP contribution < -0.4 is 5.32 Å². The van der Waals surface area contributed by atoms with Crippen LogP contribution in [0.4, 0.5) is 13.2 Å². The number of rotatable bonds is 2. The largest absolute Gasteiger partial charge is 0.393 e. The number of alkyl halides is 3. The van der Waals surface area contributed by atoms with E-state index < -0.39 is 24.0 Å². The molecule has 1 aliphatic carbocycles. The summed E-state index contributed by atoms with van der Waals surface area (Å²) in [5.41, 5.74) is 0.665. The summed E-state index contributed by atoms with van der Waals surface area (Å²) in [7, 11) is 0. The maximum Gasteiger partial charge on any atom is 0.393 e. The molecule has 0 aromatic heterocycles. The summed E-state index contributed by atoms with van der Waals surface area (Å²) < 4.78 is 38.9. The van der Waals surface area contributed by atoms with Crippen LogP contribution in [-0.2, 0) is 0 Å². The van der Waals surface area contributed by atoms with Crippen molar-refractivity contribution in [3.63, 3.8) is 0 Å². The van der Waals surface area contributed by atoms with E-state index in [-0.39, 0.29) is 12.0 Å². The fraction of sp³-hybridized carbons (Fsp3) is 0.467. The number of hydrogen-bond donors (Lipinski definition) is 1. The van der Waals surface area contributed by atoms with Gasteiger partial charge in [-0.05, 0) is 37.1 Å². The van der Waals surface area contributed by atoms with E-state index in [2.05, 4.69) is 5.32 Å². The molecule has 0 heterocycles. The maximum atomic E-state index is 13.0. The minimum Gasteiger partial charge on any atom is -0.349 e. The first-order valence-corrected chi connectivity index (χ1v) is 6.79. The number of carbonyl (C=O) groups is 1. The van der Waals surface area contributed by atoms with Crippen molar-refractivity contribution in [2.45, 2.75) is 37.9 Å². The van der Waals surface area contributed by atoms with Crippen LogP contribution in [-0.4, -0.2) is 18.1 Å². The molecule has 0 unspecified atom stereocenters. The normalized spacial score (nSPS) is 22.4. The fourth-order valence-electron chi connectivity index (χ4n) is 2.64. The molecule has 1 amide bonds. The quantitative estimate of drug-likeness (QED) is 0.909. The van der Waals surface area contributed by atoms with Crippen molar-refractivity contribution in [1.29, 1.82) is 5.26 Å². The number of carbonyl (C=O) groups excluding carboxylic acids is 1. The molecule has 1 N–H and O–H groups in total. The van der Waals surface area contributed by atoms with Gasteiger partial charge in [-0.25, -0.2) is 0 Å². The Morgan fingerprint density at radius 2 is 1.81 bits per heavy atom. The summed E-state index contributed by atoms with van der Waals surface area (Å²) in [6.45, 7) is 0. The lowest BCUT2D eigenvalue weighted by Crippen LogP contribution is -2.47. The minimum absolute atomic E-state index is 0.0574. The number of nitriles is 1. The van der Waals surface area contributed by atoms with Crippen molar-refractivity contribution in [3.8, 4) is 6.07 Å². The van der Waals surface area contributed by atoms with Crippen molar-refractivity contribution in [2.24, 2.45) is 5.92 Å². The second-order valence-electron chi connectivity index (χ2n) is 5.20. The first-order chi connectivity index (χ1) is 9.91. The Morgan fingerprint density at radius 1 is 1.19 bits per heavy atom. The summed E-state index contributed by atoms with van der Waals surface area (Å²) in [5.74, 6) is -2.01. The van der Waals surface area contributed by atoms with Crippen molar-refractivity contribution >= 4 is 5.91 Å². The zero-order chi connectivity index (χ0) is 15.5. The second-order valence-corrected chi connectivity index (χ2v) is 5.20. The highest BCUT2D eigenvalue weighted by atomic mass is 19.4. The van der Waals surface area contributed by atoms with E-state index in [9.17, 15) is 18.0 Å². The highest BCUT2D eigenvalue weighted by Gasteiger charge is 2.45. The van der Waals surface area contributed by atoms with E-state index in [1.807, 2.05) is 6.07 Å². The third-order valence-electron chi connectivity index (χ3n) is 3.78. The zero-order valence-electron chi connectivity index (χ0n) is 11.3. The molecule has 1 fully saturated rings. The average Bonchev–Trinajstić information content (AvgIpc) is 2.47. The molecule has 0 aliphatic heterocycles. The predicted octanol–water partition coefficient (Wildman–Crippen LogP) is 3.41. The Labute approximate surface area is 120 Å². The van der Waals surface area contributed by atoms with Crippen LogP contribution in [0, 0.1) is 17.2 Å². The zero-order valence-corrected chi connectivity index (χ0v) is 11.3. The van der Waals surface area contributed by atoms with Gasteiger partial charge in [0, 0.05) is 11.6 Å². The first-order valence-electron chi connectivity index (χ1n) is 6.79. The highest BCUT2D eigenvalue weighted by molar-refractivity contribution is 5.94. The highest BCUT2D eigenvalue weighted by Crippen LogP contribution is 2.37. The van der Waals surface area contributed by atoms with Gasteiger partial charge in [-0.3, -0.25) is 4.79 Å². The van der Waals surface area contributed by atoms with Crippen LogP contribution in [0.25, 0.3) is 0 Å². The summed E-state index contributed by atoms with van der Waals surface area (Å²) in [4.78, 5) is 12.0. The average molecular weight is 296 g/mol. The molecule has 112 valence electrons. The fourth-order valence-corrected chi connectivity index (χ4v) is 2.64. The van der Waals surface area contributed by atoms with Crippen LogP contribution in [0.3, 0.4) is 0 Å². The number of amides is 1. The van der Waals surface area contributed by atoms with Gasteiger partial charge in [0.05, 0.1) is 17.6 Å². The molecule has 1 saturated carbocycles. The van der Waals surface area contributed by atoms with Gasteiger partial charge in [-0.2, -0.15) is 18.4 Å². The molecule has 3 nitrogen and oxygen atoms in total. The molecule has 1 aliphatic rings. The number of hydrogen-bond acceptors (Lipinski definition) is 2. The third-order valence-corrected chi connectivity index (χ3v) is 3.78. The maximum absolute atomic E-state index is 13.0. The summed E-state index contributed by atoms with van der Waals surface area (Å²) in [5, 5.41) is 11.2. The van der Waals surface area contributed by atoms with Gasteiger partial charge in [0.2, 0.25) is 0 Å². The van der Waals surface area contributed by atoms with E-state index in [1.54, 1.807) is 0 Å². The lowest BCUT2D eigenvalue weighted by Gasteiger charge is -2.33. The topological polar surface area (TPSA) is 52.9 Å². The van der Waals surface area contributed by atoms with E-state index in [0.29, 0.717) is 24.8 Å². The van der Waals surface area contributed by atoms with Crippen molar-refractivity contribution in [3.05, 3.63) is 35.4 Å². The van der Waals surface area contributed by atoms with Gasteiger partial charge < -0.3 is 5.32 Å². The molecule has 21 heavy (non-hydrogen) atoms. The van der Waals surface area contributed by atoms with Crippen molar-refractivity contribution in [2.75, 3.05) is 0 Å². The number of halogens is 3. The Kier molecular flexibility index (Phi) is 4.51. The van der Waals surface area contributed by atoms with E-state index >= 15 is 0 Å². The van der Waals surface area contributed by atoms with Gasteiger partial charge in [-0.1, -0.05) is 12.8 Å². The number of benzene rings is 1. The van der Waals surface area contributed by atoms with Crippen LogP contribution in [0.15, 0.2) is 24.3 Å². The number of nitrogens with zero attached hydrogens (tertiary/aromatic N) is 1. The third kappa shape index (κ3) is 3.75. The molecule has 6 heteroatoms. The van der Waals surface area contributed by atoms with Gasteiger partial charge in [0.1, 0.15) is 0 Å². The van der Waals surface area contributed by atoms with Gasteiger partial charge in [0.15, 0.2) is 0 Å². The molecule has 0 spiro atoms. The molecule has 1 aromatic rings. The van der Waals surface area contributed by atoms with Gasteiger partial charge in [-0.15, -0.1) is 0 Å². The van der Waals surface area contributed by atoms with Crippen molar-refractivity contribution in [1.82, 2.24) is 5.32 Å². The molecule has 2 rings (SSSR count). The second kappa shape index (κ2) is 6.17. The number of nitrogens with one attached hydrogen (secondary N) is 1. The lowest BCUT2D eigenvalue weighted by atomic mass is 9.84. The summed E-state index contributed by atoms with van der Waals surface area (Å²) in [6, 6.07) is 6.87. The van der Waals surface area contributed by atoms with Crippen LogP contribution in [0.1, 0.15) is 41.6 Å². The van der Waals surface area contributed by atoms with Crippen LogP contribution >= 0.6 is 0 Å². The van der Waals surface area contributed by atoms with Gasteiger partial charge in [0.25, 0.3) is 5.91 Å². The molecule has 0 bridgehead atoms. The van der Waals surface area contributed by atoms with Crippen LogP contribution in [0.2, 0.25) is 0 Å². The molecule has 1 aromatic carbocycles. The predicted molar refractivity (Wildman–Crippen MR) is 70.4 cm³/mol. The Hall–Kier alpha value is -2.03. The summed E-state index contributed by atoms with van der Waals surface area (Å²) in [6.07, 6.45) is -2.67. The van der Waals surface area contributed by atoms with Crippen molar-refractivity contribution < 1.29 is 18.0 Å². The molecular formula is C15H15F3N2O. The molecule has 2 atom stereocenters. The molecular weight excluding hydrogens is 281 g/mol. The van der Waals surface area contributed by atoms with Crippen LogP contribution in [0.5, 0.6) is 0 Å². The van der Waals surface area contributed by atoms with Gasteiger partial charge >= 0.3 is 6.18 Å². The summed E-state index contributed by atoms with van der Waals surface area (Å²) >= 11 is 0. The van der Waals surface area contributed by atoms with E-state index in [1.165, 1.54) is 24.3 Å². The van der Waals surface area contributed by atoms with E-state index in [4.69, 9.17) is 5.26 Å². The standard InChI is InChI=1S/C15H15F3N2O/c16-15(17,18)12-3-1-2-4-13(12)20-14(21)11-7-5-10(9-19)6-8-11/h5-8,12-13H,1-4H2,(H,20,21)/t12-,13+/m0/s1. The smallest absolute Gasteiger partial charge is 0.349 e. The molecule has 0 radical (unpaired) electrons. The Bertz CT molecular complexity index is 546. The molecule has 0 saturated heterocycles. The first kappa shape index (κ1) is 15.4. The monoisotopic (exact) mass is 296 g/mol. The lowest BCUT2D eigenvalue weighted by molar-refractivity contribution is -0.187. The SMILES string of the molecule is N#Cc1ccc(C(=O)N[C@@H]2CCCC[C@@H]2C(F)(F)F)cc1. The Balaban J connectivity index is 2.08.